The number of halogens is 1. The Morgan fingerprint density at radius 3 is 2.40 bits per heavy atom. The lowest BCUT2D eigenvalue weighted by molar-refractivity contribution is 0.269. The Balaban J connectivity index is 0.00000312. The summed E-state index contributed by atoms with van der Waals surface area (Å²) in [6, 6.07) is 16.1. The van der Waals surface area contributed by atoms with Gasteiger partial charge in [0.1, 0.15) is 6.61 Å². The molecule has 25 heavy (non-hydrogen) atoms. The second kappa shape index (κ2) is 11.7. The van der Waals surface area contributed by atoms with E-state index in [0.29, 0.717) is 19.8 Å². The van der Waals surface area contributed by atoms with Crippen molar-refractivity contribution in [2.75, 3.05) is 13.2 Å². The fraction of sp³-hybridized carbons (Fsp3) is 0.400. The van der Waals surface area contributed by atoms with Crippen LogP contribution < -0.4 is 20.9 Å². The predicted molar refractivity (Wildman–Crippen MR) is 105 cm³/mol. The van der Waals surface area contributed by atoms with E-state index in [1.165, 1.54) is 0 Å². The Hall–Kier alpha value is -1.75. The Morgan fingerprint density at radius 2 is 1.72 bits per heavy atom. The van der Waals surface area contributed by atoms with Gasteiger partial charge in [-0.1, -0.05) is 42.8 Å². The molecule has 2 aromatic carbocycles. The summed E-state index contributed by atoms with van der Waals surface area (Å²) in [5, 5.41) is 0. The molecule has 2 aromatic rings. The van der Waals surface area contributed by atoms with Crippen LogP contribution in [-0.4, -0.2) is 13.2 Å². The number of rotatable bonds is 10. The van der Waals surface area contributed by atoms with E-state index in [1.54, 1.807) is 0 Å². The maximum atomic E-state index is 6.28. The number of unbranched alkanes of at least 4 members (excludes halogenated alkanes) is 1. The van der Waals surface area contributed by atoms with Gasteiger partial charge in [0.15, 0.2) is 11.5 Å². The van der Waals surface area contributed by atoms with Crippen molar-refractivity contribution in [3.63, 3.8) is 0 Å². The topological polar surface area (TPSA) is 70.5 Å². The van der Waals surface area contributed by atoms with Crippen molar-refractivity contribution in [3.05, 3.63) is 59.7 Å². The highest BCUT2D eigenvalue weighted by molar-refractivity contribution is 5.85. The summed E-state index contributed by atoms with van der Waals surface area (Å²) in [6.07, 6.45) is 2.96. The van der Waals surface area contributed by atoms with Gasteiger partial charge in [0.25, 0.3) is 0 Å². The maximum absolute atomic E-state index is 6.28. The summed E-state index contributed by atoms with van der Waals surface area (Å²) in [5.74, 6) is 1.50. The average Bonchev–Trinajstić information content (AvgIpc) is 2.62. The lowest BCUT2D eigenvalue weighted by Crippen LogP contribution is -2.11. The van der Waals surface area contributed by atoms with Crippen LogP contribution in [-0.2, 0) is 6.61 Å². The molecule has 0 unspecified atom stereocenters. The number of ether oxygens (including phenoxy) is 2. The Labute approximate surface area is 156 Å². The van der Waals surface area contributed by atoms with Crippen molar-refractivity contribution in [1.82, 2.24) is 0 Å². The molecule has 0 fully saturated rings. The molecule has 0 heterocycles. The van der Waals surface area contributed by atoms with Crippen molar-refractivity contribution in [2.24, 2.45) is 11.5 Å². The third kappa shape index (κ3) is 6.94. The number of hydrogen-bond acceptors (Lipinski definition) is 4. The first-order chi connectivity index (χ1) is 11.7. The van der Waals surface area contributed by atoms with Gasteiger partial charge in [0, 0.05) is 6.04 Å². The maximum Gasteiger partial charge on any atom is 0.161 e. The molecule has 0 aromatic heterocycles. The van der Waals surface area contributed by atoms with E-state index in [-0.39, 0.29) is 18.4 Å². The van der Waals surface area contributed by atoms with Crippen LogP contribution in [0.5, 0.6) is 11.5 Å². The van der Waals surface area contributed by atoms with E-state index in [1.807, 2.05) is 55.5 Å². The van der Waals surface area contributed by atoms with E-state index in [9.17, 15) is 0 Å². The van der Waals surface area contributed by atoms with Crippen molar-refractivity contribution in [1.29, 1.82) is 0 Å². The molecule has 0 bridgehead atoms. The van der Waals surface area contributed by atoms with Crippen LogP contribution >= 0.6 is 12.4 Å². The van der Waals surface area contributed by atoms with Gasteiger partial charge in [0.05, 0.1) is 6.61 Å². The highest BCUT2D eigenvalue weighted by atomic mass is 35.5. The minimum atomic E-state index is -0.000991. The molecule has 0 aliphatic carbocycles. The van der Waals surface area contributed by atoms with Crippen LogP contribution in [0.25, 0.3) is 0 Å². The van der Waals surface area contributed by atoms with Gasteiger partial charge in [-0.2, -0.15) is 0 Å². The van der Waals surface area contributed by atoms with E-state index >= 15 is 0 Å². The van der Waals surface area contributed by atoms with Gasteiger partial charge < -0.3 is 20.9 Å². The Morgan fingerprint density at radius 1 is 0.960 bits per heavy atom. The molecule has 0 aliphatic rings. The largest absolute Gasteiger partial charge is 0.490 e. The van der Waals surface area contributed by atoms with Gasteiger partial charge in [-0.3, -0.25) is 0 Å². The summed E-state index contributed by atoms with van der Waals surface area (Å²) in [7, 11) is 0. The molecule has 2 rings (SSSR count). The van der Waals surface area contributed by atoms with Crippen LogP contribution in [0.3, 0.4) is 0 Å². The summed E-state index contributed by atoms with van der Waals surface area (Å²) in [5.41, 5.74) is 14.0. The number of benzene rings is 2. The van der Waals surface area contributed by atoms with E-state index in [0.717, 1.165) is 41.9 Å². The van der Waals surface area contributed by atoms with E-state index < -0.39 is 0 Å². The fourth-order valence-electron chi connectivity index (χ4n) is 2.55. The highest BCUT2D eigenvalue weighted by Crippen LogP contribution is 2.32. The normalized spacial score (nSPS) is 11.5. The molecule has 0 amide bonds. The standard InChI is InChI=1S/C20H28N2O2.ClH/c1-2-23-20-14-17(18(22)10-6-7-13-21)11-12-19(20)24-15-16-8-4-3-5-9-16;/h3-5,8-9,11-12,14,18H,2,6-7,10,13,15,21-22H2,1H3;1H/t18-;/m1./s1. The highest BCUT2D eigenvalue weighted by Gasteiger charge is 2.11. The van der Waals surface area contributed by atoms with Crippen LogP contribution in [0.1, 0.15) is 43.4 Å². The van der Waals surface area contributed by atoms with Crippen molar-refractivity contribution in [3.8, 4) is 11.5 Å². The zero-order valence-corrected chi connectivity index (χ0v) is 15.6. The predicted octanol–water partition coefficient (Wildman–Crippen LogP) is 4.21. The zero-order valence-electron chi connectivity index (χ0n) is 14.8. The summed E-state index contributed by atoms with van der Waals surface area (Å²) < 4.78 is 11.7. The first kappa shape index (κ1) is 21.3. The number of nitrogens with two attached hydrogens (primary N) is 2. The molecular formula is C20H29ClN2O2. The Bertz CT molecular complexity index is 608. The summed E-state index contributed by atoms with van der Waals surface area (Å²) in [6.45, 7) is 3.79. The van der Waals surface area contributed by atoms with Crippen LogP contribution in [0, 0.1) is 0 Å². The van der Waals surface area contributed by atoms with Crippen molar-refractivity contribution in [2.45, 2.75) is 38.8 Å². The van der Waals surface area contributed by atoms with Crippen molar-refractivity contribution < 1.29 is 9.47 Å². The molecule has 0 aliphatic heterocycles. The van der Waals surface area contributed by atoms with Gasteiger partial charge in [-0.25, -0.2) is 0 Å². The first-order valence-electron chi connectivity index (χ1n) is 8.63. The van der Waals surface area contributed by atoms with Crippen LogP contribution in [0.2, 0.25) is 0 Å². The molecular weight excluding hydrogens is 336 g/mol. The molecule has 0 spiro atoms. The third-order valence-corrected chi connectivity index (χ3v) is 3.90. The first-order valence-corrected chi connectivity index (χ1v) is 8.63. The molecule has 0 radical (unpaired) electrons. The molecule has 0 saturated carbocycles. The smallest absolute Gasteiger partial charge is 0.161 e. The van der Waals surface area contributed by atoms with Gasteiger partial charge in [-0.05, 0) is 49.6 Å². The lowest BCUT2D eigenvalue weighted by Gasteiger charge is -2.17. The lowest BCUT2D eigenvalue weighted by atomic mass is 10.0. The van der Waals surface area contributed by atoms with E-state index in [2.05, 4.69) is 0 Å². The summed E-state index contributed by atoms with van der Waals surface area (Å²) in [4.78, 5) is 0. The molecule has 138 valence electrons. The van der Waals surface area contributed by atoms with E-state index in [4.69, 9.17) is 20.9 Å². The monoisotopic (exact) mass is 364 g/mol. The molecule has 5 heteroatoms. The van der Waals surface area contributed by atoms with Gasteiger partial charge >= 0.3 is 0 Å². The molecule has 4 N–H and O–H groups in total. The quantitative estimate of drug-likeness (QED) is 0.619. The minimum absolute atomic E-state index is 0. The zero-order chi connectivity index (χ0) is 17.2. The molecule has 0 saturated heterocycles. The van der Waals surface area contributed by atoms with Crippen LogP contribution in [0.4, 0.5) is 0 Å². The number of hydrogen-bond donors (Lipinski definition) is 2. The van der Waals surface area contributed by atoms with Gasteiger partial charge in [-0.15, -0.1) is 12.4 Å². The SMILES string of the molecule is CCOc1cc([C@H](N)CCCCN)ccc1OCc1ccccc1.Cl. The Kier molecular flexibility index (Phi) is 10.0. The second-order valence-electron chi connectivity index (χ2n) is 5.80. The van der Waals surface area contributed by atoms with Crippen molar-refractivity contribution >= 4 is 12.4 Å². The fourth-order valence-corrected chi connectivity index (χ4v) is 2.55. The second-order valence-corrected chi connectivity index (χ2v) is 5.80. The molecule has 4 nitrogen and oxygen atoms in total. The molecule has 1 atom stereocenters. The minimum Gasteiger partial charge on any atom is -0.490 e. The average molecular weight is 365 g/mol. The van der Waals surface area contributed by atoms with Crippen LogP contribution in [0.15, 0.2) is 48.5 Å². The third-order valence-electron chi connectivity index (χ3n) is 3.90. The summed E-state index contributed by atoms with van der Waals surface area (Å²) >= 11 is 0. The van der Waals surface area contributed by atoms with Gasteiger partial charge in [0.2, 0.25) is 0 Å².